The molecule has 2 rings (SSSR count). The molecular weight excluding hydrogens is 214 g/mol. The molecule has 0 aliphatic heterocycles. The van der Waals surface area contributed by atoms with Gasteiger partial charge in [0.1, 0.15) is 0 Å². The molecular formula is C12H19N5. The van der Waals surface area contributed by atoms with Crippen LogP contribution >= 0.6 is 0 Å². The predicted molar refractivity (Wildman–Crippen MR) is 66.6 cm³/mol. The second-order valence-corrected chi connectivity index (χ2v) is 4.51. The zero-order valence-corrected chi connectivity index (χ0v) is 10.8. The SMILES string of the molecule is Cc1nn(Cc2ccn(C)n2)c(C)c1C(C)N. The number of hydrogen-bond acceptors (Lipinski definition) is 3. The van der Waals surface area contributed by atoms with Crippen molar-refractivity contribution in [3.8, 4) is 0 Å². The van der Waals surface area contributed by atoms with Gasteiger partial charge in [-0.3, -0.25) is 9.36 Å². The monoisotopic (exact) mass is 233 g/mol. The van der Waals surface area contributed by atoms with E-state index in [1.807, 2.05) is 37.8 Å². The summed E-state index contributed by atoms with van der Waals surface area (Å²) in [4.78, 5) is 0. The van der Waals surface area contributed by atoms with Crippen LogP contribution in [0.4, 0.5) is 0 Å². The van der Waals surface area contributed by atoms with Crippen molar-refractivity contribution in [2.24, 2.45) is 12.8 Å². The summed E-state index contributed by atoms with van der Waals surface area (Å²) in [5, 5.41) is 8.88. The van der Waals surface area contributed by atoms with Crippen molar-refractivity contribution in [2.45, 2.75) is 33.4 Å². The second-order valence-electron chi connectivity index (χ2n) is 4.51. The van der Waals surface area contributed by atoms with E-state index >= 15 is 0 Å². The van der Waals surface area contributed by atoms with E-state index in [9.17, 15) is 0 Å². The lowest BCUT2D eigenvalue weighted by Gasteiger charge is -2.06. The summed E-state index contributed by atoms with van der Waals surface area (Å²) in [7, 11) is 1.91. The molecule has 0 amide bonds. The molecule has 0 saturated heterocycles. The molecule has 5 heteroatoms. The van der Waals surface area contributed by atoms with E-state index < -0.39 is 0 Å². The first-order valence-electron chi connectivity index (χ1n) is 5.77. The van der Waals surface area contributed by atoms with Crippen molar-refractivity contribution in [3.05, 3.63) is 34.9 Å². The maximum absolute atomic E-state index is 5.95. The highest BCUT2D eigenvalue weighted by molar-refractivity contribution is 5.27. The zero-order valence-electron chi connectivity index (χ0n) is 10.8. The quantitative estimate of drug-likeness (QED) is 0.869. The van der Waals surface area contributed by atoms with E-state index in [1.165, 1.54) is 0 Å². The average molecular weight is 233 g/mol. The van der Waals surface area contributed by atoms with E-state index in [4.69, 9.17) is 5.73 Å². The Kier molecular flexibility index (Phi) is 3.02. The van der Waals surface area contributed by atoms with Crippen molar-refractivity contribution in [1.82, 2.24) is 19.6 Å². The molecule has 0 spiro atoms. The molecule has 92 valence electrons. The van der Waals surface area contributed by atoms with Gasteiger partial charge < -0.3 is 5.73 Å². The summed E-state index contributed by atoms with van der Waals surface area (Å²) in [5.41, 5.74) is 10.2. The smallest absolute Gasteiger partial charge is 0.0853 e. The van der Waals surface area contributed by atoms with Crippen LogP contribution < -0.4 is 5.73 Å². The van der Waals surface area contributed by atoms with Crippen molar-refractivity contribution in [2.75, 3.05) is 0 Å². The Morgan fingerprint density at radius 1 is 1.35 bits per heavy atom. The fourth-order valence-electron chi connectivity index (χ4n) is 2.22. The molecule has 2 heterocycles. The first-order valence-corrected chi connectivity index (χ1v) is 5.77. The lowest BCUT2D eigenvalue weighted by atomic mass is 10.1. The molecule has 17 heavy (non-hydrogen) atoms. The second kappa shape index (κ2) is 4.33. The molecule has 5 nitrogen and oxygen atoms in total. The number of aryl methyl sites for hydroxylation is 2. The van der Waals surface area contributed by atoms with E-state index in [2.05, 4.69) is 17.1 Å². The van der Waals surface area contributed by atoms with Crippen molar-refractivity contribution >= 4 is 0 Å². The number of aromatic nitrogens is 4. The lowest BCUT2D eigenvalue weighted by Crippen LogP contribution is -2.09. The van der Waals surface area contributed by atoms with Gasteiger partial charge in [-0.15, -0.1) is 0 Å². The summed E-state index contributed by atoms with van der Waals surface area (Å²) in [6, 6.07) is 2.02. The van der Waals surface area contributed by atoms with Gasteiger partial charge in [-0.1, -0.05) is 0 Å². The Hall–Kier alpha value is -1.62. The molecule has 0 bridgehead atoms. The van der Waals surface area contributed by atoms with Gasteiger partial charge in [0.15, 0.2) is 0 Å². The van der Waals surface area contributed by atoms with Crippen molar-refractivity contribution in [1.29, 1.82) is 0 Å². The minimum absolute atomic E-state index is 0.0208. The minimum Gasteiger partial charge on any atom is -0.324 e. The largest absolute Gasteiger partial charge is 0.324 e. The highest BCUT2D eigenvalue weighted by atomic mass is 15.3. The minimum atomic E-state index is 0.0208. The summed E-state index contributed by atoms with van der Waals surface area (Å²) >= 11 is 0. The zero-order chi connectivity index (χ0) is 12.6. The van der Waals surface area contributed by atoms with Gasteiger partial charge in [-0.25, -0.2) is 0 Å². The maximum atomic E-state index is 5.95. The fourth-order valence-corrected chi connectivity index (χ4v) is 2.22. The fraction of sp³-hybridized carbons (Fsp3) is 0.500. The summed E-state index contributed by atoms with van der Waals surface area (Å²) in [6.45, 7) is 6.74. The van der Waals surface area contributed by atoms with E-state index in [0.29, 0.717) is 6.54 Å². The van der Waals surface area contributed by atoms with E-state index in [1.54, 1.807) is 4.68 Å². The molecule has 0 fully saturated rings. The Labute approximate surface area is 101 Å². The molecule has 0 saturated carbocycles. The molecule has 1 atom stereocenters. The summed E-state index contributed by atoms with van der Waals surface area (Å²) < 4.78 is 3.77. The Balaban J connectivity index is 2.31. The van der Waals surface area contributed by atoms with E-state index in [0.717, 1.165) is 22.6 Å². The Bertz CT molecular complexity index is 521. The van der Waals surface area contributed by atoms with Gasteiger partial charge >= 0.3 is 0 Å². The predicted octanol–water partition coefficient (Wildman–Crippen LogP) is 1.30. The molecule has 0 aliphatic carbocycles. The molecule has 0 radical (unpaired) electrons. The van der Waals surface area contributed by atoms with Crippen molar-refractivity contribution < 1.29 is 0 Å². The van der Waals surface area contributed by atoms with Crippen LogP contribution in [0.25, 0.3) is 0 Å². The number of nitrogens with zero attached hydrogens (tertiary/aromatic N) is 4. The molecule has 2 aromatic heterocycles. The molecule has 2 N–H and O–H groups in total. The van der Waals surface area contributed by atoms with Crippen LogP contribution in [-0.4, -0.2) is 19.6 Å². The number of hydrogen-bond donors (Lipinski definition) is 1. The van der Waals surface area contributed by atoms with Gasteiger partial charge in [-0.2, -0.15) is 10.2 Å². The topological polar surface area (TPSA) is 61.7 Å². The highest BCUT2D eigenvalue weighted by Crippen LogP contribution is 2.19. The Morgan fingerprint density at radius 2 is 2.06 bits per heavy atom. The van der Waals surface area contributed by atoms with Crippen LogP contribution in [-0.2, 0) is 13.6 Å². The van der Waals surface area contributed by atoms with Crippen LogP contribution in [0.15, 0.2) is 12.3 Å². The number of nitrogens with two attached hydrogens (primary N) is 1. The summed E-state index contributed by atoms with van der Waals surface area (Å²) in [6.07, 6.45) is 1.94. The normalized spacial score (nSPS) is 13.0. The summed E-state index contributed by atoms with van der Waals surface area (Å²) in [5.74, 6) is 0. The van der Waals surface area contributed by atoms with E-state index in [-0.39, 0.29) is 6.04 Å². The van der Waals surface area contributed by atoms with Gasteiger partial charge in [-0.05, 0) is 26.8 Å². The Morgan fingerprint density at radius 3 is 2.53 bits per heavy atom. The van der Waals surface area contributed by atoms with Crippen LogP contribution in [0.2, 0.25) is 0 Å². The third kappa shape index (κ3) is 2.24. The average Bonchev–Trinajstić information content (AvgIpc) is 2.73. The first kappa shape index (κ1) is 11.9. The van der Waals surface area contributed by atoms with Crippen LogP contribution in [0.5, 0.6) is 0 Å². The van der Waals surface area contributed by atoms with Gasteiger partial charge in [0, 0.05) is 30.5 Å². The highest BCUT2D eigenvalue weighted by Gasteiger charge is 2.15. The van der Waals surface area contributed by atoms with Crippen LogP contribution in [0, 0.1) is 13.8 Å². The van der Waals surface area contributed by atoms with Gasteiger partial charge in [0.05, 0.1) is 17.9 Å². The third-order valence-electron chi connectivity index (χ3n) is 2.97. The molecule has 2 aromatic rings. The maximum Gasteiger partial charge on any atom is 0.0853 e. The lowest BCUT2D eigenvalue weighted by molar-refractivity contribution is 0.628. The standard InChI is InChI=1S/C12H19N5/c1-8(13)12-9(2)14-17(10(12)3)7-11-5-6-16(4)15-11/h5-6,8H,7,13H2,1-4H3. The van der Waals surface area contributed by atoms with Gasteiger partial charge in [0.25, 0.3) is 0 Å². The van der Waals surface area contributed by atoms with Crippen LogP contribution in [0.3, 0.4) is 0 Å². The molecule has 0 aromatic carbocycles. The third-order valence-corrected chi connectivity index (χ3v) is 2.97. The number of rotatable bonds is 3. The first-order chi connectivity index (χ1) is 7.99. The van der Waals surface area contributed by atoms with Gasteiger partial charge in [0.2, 0.25) is 0 Å². The molecule has 0 aliphatic rings. The van der Waals surface area contributed by atoms with Crippen molar-refractivity contribution in [3.63, 3.8) is 0 Å². The molecule has 1 unspecified atom stereocenters. The van der Waals surface area contributed by atoms with Crippen LogP contribution in [0.1, 0.15) is 35.6 Å².